The van der Waals surface area contributed by atoms with Crippen molar-refractivity contribution in [3.05, 3.63) is 216 Å². The highest BCUT2D eigenvalue weighted by Crippen LogP contribution is 2.56. The second-order valence-corrected chi connectivity index (χ2v) is 14.9. The maximum atomic E-state index is 3.79. The van der Waals surface area contributed by atoms with Crippen LogP contribution in [0.1, 0.15) is 27.8 Å². The molecule has 246 valence electrons. The summed E-state index contributed by atoms with van der Waals surface area (Å²) in [5.41, 5.74) is 15.6. The van der Waals surface area contributed by atoms with Gasteiger partial charge in [-0.15, -0.1) is 11.3 Å². The van der Waals surface area contributed by atoms with E-state index < -0.39 is 5.41 Å². The molecule has 0 unspecified atom stereocenters. The van der Waals surface area contributed by atoms with Crippen molar-refractivity contribution in [2.24, 2.45) is 0 Å². The van der Waals surface area contributed by atoms with Gasteiger partial charge in [0, 0.05) is 37.1 Å². The average Bonchev–Trinajstić information content (AvgIpc) is 3.73. The molecule has 1 nitrogen and oxygen atoms in total. The number of hydrogen-bond acceptors (Lipinski definition) is 2. The Morgan fingerprint density at radius 1 is 0.423 bits per heavy atom. The van der Waals surface area contributed by atoms with E-state index in [1.807, 2.05) is 11.3 Å². The summed E-state index contributed by atoms with van der Waals surface area (Å²) in [7, 11) is 0. The number of hydrogen-bond donors (Lipinski definition) is 1. The van der Waals surface area contributed by atoms with Crippen LogP contribution in [0.15, 0.2) is 188 Å². The molecule has 1 aliphatic rings. The molecule has 10 rings (SSSR count). The van der Waals surface area contributed by atoms with Crippen molar-refractivity contribution in [1.82, 2.24) is 0 Å². The van der Waals surface area contributed by atoms with Gasteiger partial charge in [-0.25, -0.2) is 0 Å². The molecule has 1 aliphatic carbocycles. The van der Waals surface area contributed by atoms with Crippen LogP contribution in [0.3, 0.4) is 0 Å². The quantitative estimate of drug-likeness (QED) is 0.184. The Morgan fingerprint density at radius 2 is 1.08 bits per heavy atom. The largest absolute Gasteiger partial charge is 0.355 e. The van der Waals surface area contributed by atoms with Crippen LogP contribution in [0.25, 0.3) is 53.6 Å². The fraction of sp³-hybridized carbons (Fsp3) is 0.0400. The topological polar surface area (TPSA) is 12.0 Å². The zero-order valence-electron chi connectivity index (χ0n) is 28.8. The van der Waals surface area contributed by atoms with Gasteiger partial charge in [-0.3, -0.25) is 0 Å². The molecule has 2 heteroatoms. The van der Waals surface area contributed by atoms with Gasteiger partial charge < -0.3 is 5.32 Å². The highest BCUT2D eigenvalue weighted by Gasteiger charge is 2.45. The number of rotatable bonds is 6. The molecule has 0 atom stereocenters. The first-order valence-corrected chi connectivity index (χ1v) is 18.7. The Bertz CT molecular complexity index is 2730. The Labute approximate surface area is 308 Å². The molecule has 1 heterocycles. The predicted octanol–water partition coefficient (Wildman–Crippen LogP) is 13.8. The minimum absolute atomic E-state index is 0.434. The zero-order chi connectivity index (χ0) is 34.6. The van der Waals surface area contributed by atoms with Gasteiger partial charge in [0.25, 0.3) is 0 Å². The van der Waals surface area contributed by atoms with Crippen molar-refractivity contribution in [1.29, 1.82) is 0 Å². The number of nitrogens with one attached hydrogen (secondary N) is 1. The lowest BCUT2D eigenvalue weighted by Crippen LogP contribution is -2.28. The van der Waals surface area contributed by atoms with Crippen molar-refractivity contribution >= 4 is 42.9 Å². The maximum absolute atomic E-state index is 3.79. The summed E-state index contributed by atoms with van der Waals surface area (Å²) >= 11 is 1.86. The van der Waals surface area contributed by atoms with Crippen molar-refractivity contribution in [3.63, 3.8) is 0 Å². The van der Waals surface area contributed by atoms with E-state index in [-0.39, 0.29) is 0 Å². The number of benzene rings is 8. The smallest absolute Gasteiger partial charge is 0.0713 e. The van der Waals surface area contributed by atoms with E-state index >= 15 is 0 Å². The molecule has 0 radical (unpaired) electrons. The Kier molecular flexibility index (Phi) is 7.19. The normalized spacial score (nSPS) is 12.9. The summed E-state index contributed by atoms with van der Waals surface area (Å²) in [6.45, 7) is 2.17. The predicted molar refractivity (Wildman–Crippen MR) is 222 cm³/mol. The van der Waals surface area contributed by atoms with Crippen molar-refractivity contribution in [2.75, 3.05) is 5.32 Å². The van der Waals surface area contributed by atoms with Gasteiger partial charge in [-0.05, 0) is 106 Å². The van der Waals surface area contributed by atoms with Crippen molar-refractivity contribution in [3.8, 4) is 33.4 Å². The first-order chi connectivity index (χ1) is 25.7. The molecule has 52 heavy (non-hydrogen) atoms. The van der Waals surface area contributed by atoms with E-state index in [0.717, 1.165) is 11.4 Å². The Balaban J connectivity index is 1.04. The number of anilines is 2. The van der Waals surface area contributed by atoms with E-state index in [4.69, 9.17) is 0 Å². The Hall–Kier alpha value is -6.22. The van der Waals surface area contributed by atoms with E-state index in [0.29, 0.717) is 0 Å². The number of fused-ring (bicyclic) bond motifs is 6. The summed E-state index contributed by atoms with van der Waals surface area (Å²) in [6.07, 6.45) is 0. The third kappa shape index (κ3) is 4.83. The molecule has 0 spiro atoms. The molecule has 0 aliphatic heterocycles. The molecular weight excluding hydrogens is 647 g/mol. The van der Waals surface area contributed by atoms with Gasteiger partial charge in [0.05, 0.1) is 5.41 Å². The van der Waals surface area contributed by atoms with Gasteiger partial charge >= 0.3 is 0 Å². The van der Waals surface area contributed by atoms with Crippen LogP contribution in [-0.4, -0.2) is 0 Å². The van der Waals surface area contributed by atoms with Gasteiger partial charge in [0.1, 0.15) is 0 Å². The number of thiophene rings is 1. The van der Waals surface area contributed by atoms with Crippen LogP contribution in [0.5, 0.6) is 0 Å². The van der Waals surface area contributed by atoms with Gasteiger partial charge in [-0.1, -0.05) is 145 Å². The van der Waals surface area contributed by atoms with Crippen LogP contribution >= 0.6 is 11.3 Å². The molecule has 0 fully saturated rings. The van der Waals surface area contributed by atoms with Gasteiger partial charge in [-0.2, -0.15) is 0 Å². The minimum atomic E-state index is -0.434. The van der Waals surface area contributed by atoms with Crippen molar-refractivity contribution in [2.45, 2.75) is 12.3 Å². The lowest BCUT2D eigenvalue weighted by Gasteiger charge is -2.34. The van der Waals surface area contributed by atoms with Crippen LogP contribution in [-0.2, 0) is 5.41 Å². The van der Waals surface area contributed by atoms with E-state index in [9.17, 15) is 0 Å². The monoisotopic (exact) mass is 681 g/mol. The van der Waals surface area contributed by atoms with Crippen LogP contribution in [0.4, 0.5) is 11.4 Å². The molecule has 0 bridgehead atoms. The van der Waals surface area contributed by atoms with E-state index in [1.165, 1.54) is 81.4 Å². The van der Waals surface area contributed by atoms with Crippen LogP contribution in [0, 0.1) is 6.92 Å². The highest BCUT2D eigenvalue weighted by molar-refractivity contribution is 7.25. The van der Waals surface area contributed by atoms with Gasteiger partial charge in [0.15, 0.2) is 0 Å². The second kappa shape index (κ2) is 12.2. The third-order valence-electron chi connectivity index (χ3n) is 10.8. The molecule has 1 N–H and O–H groups in total. The maximum Gasteiger partial charge on any atom is 0.0713 e. The third-order valence-corrected chi connectivity index (χ3v) is 12.0. The lowest BCUT2D eigenvalue weighted by molar-refractivity contribution is 0.769. The molecular formula is C50H35NS. The molecule has 0 saturated heterocycles. The molecule has 9 aromatic rings. The standard InChI is InChI=1S/C50H35NS/c1-33-22-28-47(51-39-26-23-34(24-27-39)35-25-29-49-44(32-35)42-18-7-10-21-48(42)52-49)43(30-33)36-12-11-15-38(31-36)50(37-13-3-2-4-14-37)45-19-8-5-16-40(45)41-17-6-9-20-46(41)50/h2-32,51H,1H3. The van der Waals surface area contributed by atoms with E-state index in [1.54, 1.807) is 0 Å². The summed E-state index contributed by atoms with van der Waals surface area (Å²) in [6, 6.07) is 69.2. The summed E-state index contributed by atoms with van der Waals surface area (Å²) in [5.74, 6) is 0. The van der Waals surface area contributed by atoms with E-state index in [2.05, 4.69) is 200 Å². The lowest BCUT2D eigenvalue weighted by atomic mass is 9.67. The zero-order valence-corrected chi connectivity index (χ0v) is 29.6. The molecule has 0 amide bonds. The molecule has 0 saturated carbocycles. The summed E-state index contributed by atoms with van der Waals surface area (Å²) in [5, 5.41) is 6.44. The first-order valence-electron chi connectivity index (χ1n) is 17.9. The minimum Gasteiger partial charge on any atom is -0.355 e. The van der Waals surface area contributed by atoms with Crippen LogP contribution in [0.2, 0.25) is 0 Å². The first kappa shape index (κ1) is 30.6. The van der Waals surface area contributed by atoms with Crippen LogP contribution < -0.4 is 5.32 Å². The average molecular weight is 682 g/mol. The molecule has 1 aromatic heterocycles. The molecule has 8 aromatic carbocycles. The fourth-order valence-corrected chi connectivity index (χ4v) is 9.53. The Morgan fingerprint density at radius 3 is 1.87 bits per heavy atom. The fourth-order valence-electron chi connectivity index (χ4n) is 8.44. The highest BCUT2D eigenvalue weighted by atomic mass is 32.1. The second-order valence-electron chi connectivity index (χ2n) is 13.8. The summed E-state index contributed by atoms with van der Waals surface area (Å²) in [4.78, 5) is 0. The summed E-state index contributed by atoms with van der Waals surface area (Å²) < 4.78 is 2.66. The van der Waals surface area contributed by atoms with Gasteiger partial charge in [0.2, 0.25) is 0 Å². The SMILES string of the molecule is Cc1ccc(Nc2ccc(-c3ccc4sc5ccccc5c4c3)cc2)c(-c2cccc(C3(c4ccccc4)c4ccccc4-c4ccccc43)c2)c1. The van der Waals surface area contributed by atoms with Crippen molar-refractivity contribution < 1.29 is 0 Å². The number of aryl methyl sites for hydroxylation is 1.